The van der Waals surface area contributed by atoms with Gasteiger partial charge in [0.2, 0.25) is 0 Å². The molecule has 1 heterocycles. The van der Waals surface area contributed by atoms with Crippen molar-refractivity contribution in [3.05, 3.63) is 137 Å². The quantitative estimate of drug-likeness (QED) is 0.247. The zero-order chi connectivity index (χ0) is 24.8. The Labute approximate surface area is 221 Å². The summed E-state index contributed by atoms with van der Waals surface area (Å²) in [5.74, 6) is 2.17. The highest BCUT2D eigenvalue weighted by atomic mass is 31.2. The molecule has 1 fully saturated rings. The van der Waals surface area contributed by atoms with Crippen molar-refractivity contribution in [2.45, 2.75) is 50.0 Å². The van der Waals surface area contributed by atoms with E-state index in [9.17, 15) is 0 Å². The average molecular weight is 506 g/mol. The van der Waals surface area contributed by atoms with Gasteiger partial charge in [-0.25, -0.2) is 4.67 Å². The lowest BCUT2D eigenvalue weighted by Crippen LogP contribution is -2.31. The molecular formula is C33H32NO2P. The first-order chi connectivity index (χ1) is 18.3. The Balaban J connectivity index is 1.40. The lowest BCUT2D eigenvalue weighted by atomic mass is 9.74. The maximum absolute atomic E-state index is 7.08. The molecule has 3 nitrogen and oxygen atoms in total. The number of aryl methyl sites for hydroxylation is 1. The van der Waals surface area contributed by atoms with Gasteiger partial charge in [-0.3, -0.25) is 0 Å². The van der Waals surface area contributed by atoms with Crippen LogP contribution in [0.1, 0.15) is 60.4 Å². The number of hydrogen-bond donors (Lipinski definition) is 0. The molecule has 0 bridgehead atoms. The van der Waals surface area contributed by atoms with Crippen LogP contribution in [0, 0.1) is 0 Å². The number of benzene rings is 3. The highest BCUT2D eigenvalue weighted by Crippen LogP contribution is 2.65. The van der Waals surface area contributed by atoms with Crippen LogP contribution in [0.4, 0.5) is 0 Å². The van der Waals surface area contributed by atoms with Crippen molar-refractivity contribution < 1.29 is 9.05 Å². The Morgan fingerprint density at radius 2 is 1.59 bits per heavy atom. The van der Waals surface area contributed by atoms with Crippen molar-refractivity contribution in [2.24, 2.45) is 0 Å². The standard InChI is InChI=1S/C33H32NO2P/c1-2-23-34(32(26-11-5-3-6-12-26)27-13-7-4-8-14-27)37-35-28-17-9-15-24-19-21-33(30(24)28)22-20-25-16-10-18-29(36-37)31(25)33/h2-9,11-17,32H,1,10,18-23H2. The van der Waals surface area contributed by atoms with Gasteiger partial charge in [0.15, 0.2) is 0 Å². The maximum Gasteiger partial charge on any atom is 0.385 e. The Kier molecular flexibility index (Phi) is 5.80. The van der Waals surface area contributed by atoms with Crippen LogP contribution in [0.2, 0.25) is 0 Å². The van der Waals surface area contributed by atoms with Crippen LogP contribution in [0.5, 0.6) is 5.75 Å². The molecule has 1 saturated carbocycles. The van der Waals surface area contributed by atoms with Gasteiger partial charge < -0.3 is 9.05 Å². The van der Waals surface area contributed by atoms with Crippen LogP contribution in [-0.2, 0) is 16.4 Å². The first kappa shape index (κ1) is 23.0. The molecule has 1 aliphatic heterocycles. The van der Waals surface area contributed by atoms with Gasteiger partial charge in [-0.15, -0.1) is 6.58 Å². The monoisotopic (exact) mass is 505 g/mol. The SMILES string of the molecule is C=CCN(C(c1ccccc1)c1ccccc1)P1OC2=C3C(=CCC2)CCC32CCc3cccc(c32)O1. The van der Waals surface area contributed by atoms with E-state index in [2.05, 4.69) is 96.2 Å². The summed E-state index contributed by atoms with van der Waals surface area (Å²) in [6, 6.07) is 28.1. The molecule has 1 spiro atoms. The molecule has 0 aromatic heterocycles. The average Bonchev–Trinajstić information content (AvgIpc) is 3.51. The van der Waals surface area contributed by atoms with E-state index in [1.165, 1.54) is 39.8 Å². The minimum absolute atomic E-state index is 0.0137. The van der Waals surface area contributed by atoms with Gasteiger partial charge >= 0.3 is 8.53 Å². The highest BCUT2D eigenvalue weighted by molar-refractivity contribution is 7.45. The number of nitrogens with zero attached hydrogens (tertiary/aromatic N) is 1. The Bertz CT molecular complexity index is 1360. The van der Waals surface area contributed by atoms with Crippen molar-refractivity contribution in [3.63, 3.8) is 0 Å². The van der Waals surface area contributed by atoms with E-state index in [0.717, 1.165) is 43.6 Å². The predicted molar refractivity (Wildman–Crippen MR) is 150 cm³/mol. The summed E-state index contributed by atoms with van der Waals surface area (Å²) in [6.07, 6.45) is 11.0. The van der Waals surface area contributed by atoms with E-state index < -0.39 is 8.53 Å². The topological polar surface area (TPSA) is 21.7 Å². The Morgan fingerprint density at radius 1 is 0.865 bits per heavy atom. The van der Waals surface area contributed by atoms with E-state index in [0.29, 0.717) is 6.54 Å². The summed E-state index contributed by atoms with van der Waals surface area (Å²) < 4.78 is 16.5. The molecular weight excluding hydrogens is 473 g/mol. The lowest BCUT2D eigenvalue weighted by Gasteiger charge is -2.40. The van der Waals surface area contributed by atoms with Crippen molar-refractivity contribution in [3.8, 4) is 5.75 Å². The van der Waals surface area contributed by atoms with Crippen molar-refractivity contribution in [1.82, 2.24) is 4.67 Å². The van der Waals surface area contributed by atoms with Crippen LogP contribution in [-0.4, -0.2) is 11.2 Å². The summed E-state index contributed by atoms with van der Waals surface area (Å²) >= 11 is 0. The first-order valence-electron chi connectivity index (χ1n) is 13.5. The molecule has 3 aromatic carbocycles. The Morgan fingerprint density at radius 3 is 2.32 bits per heavy atom. The lowest BCUT2D eigenvalue weighted by molar-refractivity contribution is 0.278. The number of hydrogen-bond acceptors (Lipinski definition) is 3. The van der Waals surface area contributed by atoms with Crippen LogP contribution in [0.3, 0.4) is 0 Å². The molecule has 0 radical (unpaired) electrons. The van der Waals surface area contributed by atoms with Gasteiger partial charge in [-0.2, -0.15) is 0 Å². The normalized spacial score (nSPS) is 23.5. The fraction of sp³-hybridized carbons (Fsp3) is 0.273. The summed E-state index contributed by atoms with van der Waals surface area (Å²) in [7, 11) is -1.44. The summed E-state index contributed by atoms with van der Waals surface area (Å²) in [6.45, 7) is 4.80. The van der Waals surface area contributed by atoms with Crippen LogP contribution < -0.4 is 4.52 Å². The Hall–Kier alpha value is -3.13. The largest absolute Gasteiger partial charge is 0.431 e. The van der Waals surface area contributed by atoms with E-state index >= 15 is 0 Å². The minimum Gasteiger partial charge on any atom is -0.431 e. The van der Waals surface area contributed by atoms with Crippen molar-refractivity contribution in [2.75, 3.05) is 6.54 Å². The van der Waals surface area contributed by atoms with Gasteiger partial charge in [-0.1, -0.05) is 84.9 Å². The molecule has 7 rings (SSSR count). The number of rotatable bonds is 6. The summed E-state index contributed by atoms with van der Waals surface area (Å²) in [5, 5.41) is 0. The van der Waals surface area contributed by atoms with Crippen LogP contribution in [0.25, 0.3) is 0 Å². The molecule has 0 amide bonds. The maximum atomic E-state index is 7.08. The van der Waals surface area contributed by atoms with Gasteiger partial charge in [0.1, 0.15) is 11.5 Å². The summed E-state index contributed by atoms with van der Waals surface area (Å²) in [5.41, 5.74) is 8.37. The van der Waals surface area contributed by atoms with Gasteiger partial charge in [-0.05, 0) is 60.4 Å². The molecule has 3 aromatic rings. The van der Waals surface area contributed by atoms with Crippen molar-refractivity contribution in [1.29, 1.82) is 0 Å². The van der Waals surface area contributed by atoms with E-state index in [-0.39, 0.29) is 11.5 Å². The van der Waals surface area contributed by atoms with E-state index in [4.69, 9.17) is 9.05 Å². The molecule has 186 valence electrons. The zero-order valence-electron chi connectivity index (χ0n) is 21.1. The number of allylic oxidation sites excluding steroid dienone is 4. The van der Waals surface area contributed by atoms with Gasteiger partial charge in [0.25, 0.3) is 0 Å². The van der Waals surface area contributed by atoms with Gasteiger partial charge in [0, 0.05) is 29.5 Å². The minimum atomic E-state index is -1.44. The third kappa shape index (κ3) is 3.71. The second-order valence-electron chi connectivity index (χ2n) is 10.5. The summed E-state index contributed by atoms with van der Waals surface area (Å²) in [4.78, 5) is 0. The molecule has 3 aliphatic carbocycles. The molecule has 0 saturated heterocycles. The fourth-order valence-electron chi connectivity index (χ4n) is 7.03. The predicted octanol–water partition coefficient (Wildman–Crippen LogP) is 8.55. The molecule has 2 atom stereocenters. The zero-order valence-corrected chi connectivity index (χ0v) is 22.0. The fourth-order valence-corrected chi connectivity index (χ4v) is 8.68. The highest BCUT2D eigenvalue weighted by Gasteiger charge is 2.52. The molecule has 2 unspecified atom stereocenters. The van der Waals surface area contributed by atoms with E-state index in [1.807, 2.05) is 6.08 Å². The third-order valence-corrected chi connectivity index (χ3v) is 10.0. The molecule has 0 N–H and O–H groups in total. The third-order valence-electron chi connectivity index (χ3n) is 8.49. The van der Waals surface area contributed by atoms with Crippen LogP contribution >= 0.6 is 8.53 Å². The van der Waals surface area contributed by atoms with Crippen molar-refractivity contribution >= 4 is 8.53 Å². The molecule has 37 heavy (non-hydrogen) atoms. The van der Waals surface area contributed by atoms with E-state index in [1.54, 1.807) is 0 Å². The van der Waals surface area contributed by atoms with Crippen LogP contribution in [0.15, 0.2) is 114 Å². The smallest absolute Gasteiger partial charge is 0.385 e. The second kappa shape index (κ2) is 9.31. The van der Waals surface area contributed by atoms with Gasteiger partial charge in [0.05, 0.1) is 6.04 Å². The molecule has 4 aliphatic rings. The second-order valence-corrected chi connectivity index (χ2v) is 11.8. The molecule has 4 heteroatoms. The first-order valence-corrected chi connectivity index (χ1v) is 14.6.